The lowest BCUT2D eigenvalue weighted by Gasteiger charge is -2.31. The van der Waals surface area contributed by atoms with E-state index in [4.69, 9.17) is 0 Å². The molecule has 6 rings (SSSR count). The van der Waals surface area contributed by atoms with Gasteiger partial charge in [0.2, 0.25) is 0 Å². The Morgan fingerprint density at radius 1 is 0.722 bits per heavy atom. The number of fused-ring (bicyclic) bond motifs is 4. The number of hydrogen-bond donors (Lipinski definition) is 0. The molecule has 4 nitrogen and oxygen atoms in total. The number of allylic oxidation sites excluding steroid dienone is 4. The Balaban J connectivity index is 1.52. The molecule has 0 saturated heterocycles. The molecule has 186 valence electrons. The van der Waals surface area contributed by atoms with Gasteiger partial charge in [0.25, 0.3) is 0 Å². The summed E-state index contributed by atoms with van der Waals surface area (Å²) in [5.74, 6) is 0. The maximum Gasteiger partial charge on any atom is 0.737 e. The first-order valence-corrected chi connectivity index (χ1v) is 12.3. The van der Waals surface area contributed by atoms with Gasteiger partial charge in [-0.2, -0.15) is 0 Å². The van der Waals surface area contributed by atoms with Crippen LogP contribution in [0, 0.1) is 27.7 Å². The lowest BCUT2D eigenvalue weighted by Crippen LogP contribution is -2.51. The van der Waals surface area contributed by atoms with Crippen LogP contribution in [0.4, 0.5) is 17.3 Å². The minimum absolute atomic E-state index is 0.141. The second-order valence-corrected chi connectivity index (χ2v) is 10.6. The van der Waals surface area contributed by atoms with Crippen LogP contribution in [0.15, 0.2) is 46.3 Å². The van der Waals surface area contributed by atoms with E-state index in [2.05, 4.69) is 0 Å². The standard InChI is InChI=1S/C26H28B2F4N4/c1-14-8-21-11-22-10-16(3)25(36(22)28(31,32)33(21)18(14)5)13-24-17(4)20(7)35-26(24)12-23-9-15(2)19(6)34(23)27(35,29)30/h8-12H,13H2,1-7H3. The van der Waals surface area contributed by atoms with Crippen molar-refractivity contribution in [1.29, 1.82) is 0 Å². The van der Waals surface area contributed by atoms with Crippen LogP contribution in [0.5, 0.6) is 0 Å². The highest BCUT2D eigenvalue weighted by atomic mass is 19.3. The Bertz CT molecular complexity index is 1620. The van der Waals surface area contributed by atoms with E-state index < -0.39 is 13.9 Å². The summed E-state index contributed by atoms with van der Waals surface area (Å²) in [6.07, 6.45) is 5.47. The van der Waals surface area contributed by atoms with Crippen LogP contribution in [-0.2, 0) is 0 Å². The molecule has 6 heterocycles. The second-order valence-electron chi connectivity index (χ2n) is 10.6. The van der Waals surface area contributed by atoms with Crippen LogP contribution < -0.4 is 0 Å². The Morgan fingerprint density at radius 3 is 1.83 bits per heavy atom. The number of nitrogens with zero attached hydrogens (tertiary/aromatic N) is 4. The SMILES string of the molecule is CC1=CC2=Cc3cc(C)c(C)n3[B-](F)(F)[N+]2=C1CC1=C(C)C(C)=[N+]2C1=Cc1cc(C)c(C)n1[B-]2(F)F. The fourth-order valence-corrected chi connectivity index (χ4v) is 6.42. The summed E-state index contributed by atoms with van der Waals surface area (Å²) in [6.45, 7) is 4.15. The van der Waals surface area contributed by atoms with Gasteiger partial charge in [-0.25, -0.2) is 0 Å². The monoisotopic (exact) mass is 494 g/mol. The van der Waals surface area contributed by atoms with E-state index in [0.717, 1.165) is 34.6 Å². The molecule has 2 aromatic heterocycles. The molecule has 0 bridgehead atoms. The van der Waals surface area contributed by atoms with Crippen molar-refractivity contribution in [3.05, 3.63) is 80.2 Å². The fourth-order valence-electron chi connectivity index (χ4n) is 6.42. The average Bonchev–Trinajstić information content (AvgIpc) is 3.42. The molecule has 4 aliphatic rings. The molecule has 0 radical (unpaired) electrons. The molecule has 4 aliphatic heterocycles. The number of hydrogen-bond acceptors (Lipinski definition) is 0. The Labute approximate surface area is 208 Å². The Kier molecular flexibility index (Phi) is 4.45. The molecule has 0 spiro atoms. The molecule has 10 heteroatoms. The summed E-state index contributed by atoms with van der Waals surface area (Å²) in [7, 11) is 0. The van der Waals surface area contributed by atoms with Crippen LogP contribution in [-0.4, -0.2) is 43.3 Å². The van der Waals surface area contributed by atoms with E-state index in [9.17, 15) is 0 Å². The number of halogens is 4. The first-order valence-electron chi connectivity index (χ1n) is 12.3. The zero-order valence-electron chi connectivity index (χ0n) is 21.5. The molecule has 0 atom stereocenters. The summed E-state index contributed by atoms with van der Waals surface area (Å²) in [6, 6.07) is 3.55. The molecule has 36 heavy (non-hydrogen) atoms. The topological polar surface area (TPSA) is 15.9 Å². The van der Waals surface area contributed by atoms with E-state index in [1.807, 2.05) is 27.7 Å². The number of aromatic nitrogens is 2. The van der Waals surface area contributed by atoms with E-state index >= 15 is 17.3 Å². The number of rotatable bonds is 2. The third kappa shape index (κ3) is 2.67. The van der Waals surface area contributed by atoms with Gasteiger partial charge in [0.1, 0.15) is 11.4 Å². The Morgan fingerprint density at radius 2 is 1.25 bits per heavy atom. The van der Waals surface area contributed by atoms with Crippen LogP contribution >= 0.6 is 0 Å². The Hall–Kier alpha value is -3.29. The first-order chi connectivity index (χ1) is 16.8. The summed E-state index contributed by atoms with van der Waals surface area (Å²) < 4.78 is 68.5. The van der Waals surface area contributed by atoms with Gasteiger partial charge in [-0.05, 0) is 76.2 Å². The normalized spacial score (nSPS) is 21.4. The van der Waals surface area contributed by atoms with Crippen LogP contribution in [0.25, 0.3) is 12.2 Å². The lowest BCUT2D eigenvalue weighted by molar-refractivity contribution is -0.366. The van der Waals surface area contributed by atoms with Crippen molar-refractivity contribution in [3.63, 3.8) is 0 Å². The van der Waals surface area contributed by atoms with E-state index in [1.165, 1.54) is 0 Å². The first kappa shape index (κ1) is 23.1. The molecule has 0 saturated carbocycles. The smallest absolute Gasteiger partial charge is 0.394 e. The van der Waals surface area contributed by atoms with Gasteiger partial charge >= 0.3 is 13.9 Å². The van der Waals surface area contributed by atoms with Gasteiger partial charge in [0.05, 0.1) is 6.42 Å². The highest BCUT2D eigenvalue weighted by Crippen LogP contribution is 2.42. The van der Waals surface area contributed by atoms with Gasteiger partial charge in [0, 0.05) is 53.3 Å². The fraction of sp³-hybridized carbons (Fsp3) is 0.308. The van der Waals surface area contributed by atoms with E-state index in [1.54, 1.807) is 51.1 Å². The molecule has 0 aromatic carbocycles. The van der Waals surface area contributed by atoms with Crippen LogP contribution in [0.2, 0.25) is 0 Å². The molecule has 2 aromatic rings. The van der Waals surface area contributed by atoms with E-state index in [-0.39, 0.29) is 6.42 Å². The van der Waals surface area contributed by atoms with Crippen molar-refractivity contribution in [2.45, 2.75) is 54.9 Å². The predicted octanol–water partition coefficient (Wildman–Crippen LogP) is 5.98. The molecular formula is C26H28B2F4N4. The van der Waals surface area contributed by atoms with Crippen molar-refractivity contribution < 1.29 is 26.2 Å². The quantitative estimate of drug-likeness (QED) is 0.361. The van der Waals surface area contributed by atoms with E-state index in [0.29, 0.717) is 56.7 Å². The average molecular weight is 494 g/mol. The highest BCUT2D eigenvalue weighted by Gasteiger charge is 2.56. The molecule has 0 amide bonds. The zero-order chi connectivity index (χ0) is 26.1. The van der Waals surface area contributed by atoms with Gasteiger partial charge in [-0.3, -0.25) is 0 Å². The van der Waals surface area contributed by atoms with Gasteiger partial charge in [-0.1, -0.05) is 0 Å². The summed E-state index contributed by atoms with van der Waals surface area (Å²) in [4.78, 5) is 0. The van der Waals surface area contributed by atoms with Crippen molar-refractivity contribution in [2.75, 3.05) is 0 Å². The summed E-state index contributed by atoms with van der Waals surface area (Å²) in [5, 5.41) is 0. The maximum atomic E-state index is 16.1. The lowest BCUT2D eigenvalue weighted by atomic mass is 9.87. The van der Waals surface area contributed by atoms with Crippen molar-refractivity contribution in [3.8, 4) is 0 Å². The second kappa shape index (κ2) is 6.93. The predicted molar refractivity (Wildman–Crippen MR) is 138 cm³/mol. The highest BCUT2D eigenvalue weighted by molar-refractivity contribution is 6.59. The number of aryl methyl sites for hydroxylation is 2. The minimum atomic E-state index is -4.13. The molecule has 0 fully saturated rings. The van der Waals surface area contributed by atoms with Crippen molar-refractivity contribution in [1.82, 2.24) is 8.96 Å². The van der Waals surface area contributed by atoms with Crippen LogP contribution in [0.3, 0.4) is 0 Å². The summed E-state index contributed by atoms with van der Waals surface area (Å²) in [5.41, 5.74) is 7.47. The minimum Gasteiger partial charge on any atom is -0.394 e. The molecule has 0 aliphatic carbocycles. The molecule has 0 unspecified atom stereocenters. The van der Waals surface area contributed by atoms with Gasteiger partial charge in [0.15, 0.2) is 11.4 Å². The van der Waals surface area contributed by atoms with Gasteiger partial charge < -0.3 is 35.2 Å². The zero-order valence-corrected chi connectivity index (χ0v) is 21.5. The third-order valence-corrected chi connectivity index (χ3v) is 8.63. The maximum absolute atomic E-state index is 16.1. The third-order valence-electron chi connectivity index (χ3n) is 8.63. The van der Waals surface area contributed by atoms with Crippen molar-refractivity contribution >= 4 is 37.5 Å². The largest absolute Gasteiger partial charge is 0.737 e. The van der Waals surface area contributed by atoms with Gasteiger partial charge in [-0.15, -0.1) is 0 Å². The van der Waals surface area contributed by atoms with Crippen molar-refractivity contribution in [2.24, 2.45) is 0 Å². The molecule has 0 N–H and O–H groups in total. The summed E-state index contributed by atoms with van der Waals surface area (Å²) >= 11 is 0. The molecular weight excluding hydrogens is 466 g/mol. The van der Waals surface area contributed by atoms with Crippen LogP contribution in [0.1, 0.15) is 61.1 Å².